The van der Waals surface area contributed by atoms with Crippen molar-refractivity contribution in [3.8, 4) is 5.75 Å². The van der Waals surface area contributed by atoms with Crippen LogP contribution in [0.1, 0.15) is 33.1 Å². The number of nitrogens with one attached hydrogen (secondary N) is 1. The van der Waals surface area contributed by atoms with Crippen molar-refractivity contribution in [2.45, 2.75) is 45.3 Å². The molecule has 0 saturated carbocycles. The molecule has 4 nitrogen and oxygen atoms in total. The third kappa shape index (κ3) is 4.62. The minimum atomic E-state index is -0.232. The van der Waals surface area contributed by atoms with Crippen LogP contribution >= 0.6 is 0 Å². The maximum absolute atomic E-state index is 10.0. The Morgan fingerprint density at radius 3 is 2.45 bits per heavy atom. The summed E-state index contributed by atoms with van der Waals surface area (Å²) in [7, 11) is 1.69. The number of aliphatic hydroxyl groups is 1. The Hall–Kier alpha value is -1.26. The molecule has 2 rings (SSSR count). The van der Waals surface area contributed by atoms with Gasteiger partial charge in [-0.3, -0.25) is 0 Å². The number of methoxy groups -OCH3 is 1. The Morgan fingerprint density at radius 1 is 1.27 bits per heavy atom. The van der Waals surface area contributed by atoms with E-state index < -0.39 is 0 Å². The van der Waals surface area contributed by atoms with E-state index in [0.29, 0.717) is 18.5 Å². The van der Waals surface area contributed by atoms with E-state index in [1.807, 2.05) is 12.1 Å². The first-order valence-electron chi connectivity index (χ1n) is 8.44. The fraction of sp³-hybridized carbons (Fsp3) is 0.667. The molecule has 1 heterocycles. The second-order valence-electron chi connectivity index (χ2n) is 6.32. The van der Waals surface area contributed by atoms with Crippen molar-refractivity contribution >= 4 is 5.69 Å². The second-order valence-corrected chi connectivity index (χ2v) is 6.32. The van der Waals surface area contributed by atoms with Gasteiger partial charge in [-0.15, -0.1) is 0 Å². The zero-order valence-corrected chi connectivity index (χ0v) is 14.1. The molecule has 0 amide bonds. The molecular formula is C18H30N2O2. The zero-order chi connectivity index (χ0) is 15.9. The topological polar surface area (TPSA) is 44.7 Å². The lowest BCUT2D eigenvalue weighted by Crippen LogP contribution is -2.45. The predicted octanol–water partition coefficient (Wildman–Crippen LogP) is 2.66. The molecule has 22 heavy (non-hydrogen) atoms. The van der Waals surface area contributed by atoms with Gasteiger partial charge in [0.15, 0.2) is 0 Å². The number of ether oxygens (including phenoxy) is 1. The maximum atomic E-state index is 10.0. The summed E-state index contributed by atoms with van der Waals surface area (Å²) < 4.78 is 5.20. The van der Waals surface area contributed by atoms with Gasteiger partial charge < -0.3 is 20.1 Å². The van der Waals surface area contributed by atoms with Crippen LogP contribution in [0.4, 0.5) is 5.69 Å². The molecule has 0 spiro atoms. The molecule has 1 fully saturated rings. The fourth-order valence-corrected chi connectivity index (χ4v) is 2.90. The molecule has 1 saturated heterocycles. The van der Waals surface area contributed by atoms with Gasteiger partial charge >= 0.3 is 0 Å². The number of benzene rings is 1. The lowest BCUT2D eigenvalue weighted by molar-refractivity contribution is 0.108. The van der Waals surface area contributed by atoms with Gasteiger partial charge in [-0.1, -0.05) is 20.3 Å². The van der Waals surface area contributed by atoms with Crippen LogP contribution < -0.4 is 15.0 Å². The summed E-state index contributed by atoms with van der Waals surface area (Å²) in [5, 5.41) is 13.6. The van der Waals surface area contributed by atoms with Crippen molar-refractivity contribution in [2.24, 2.45) is 5.92 Å². The quantitative estimate of drug-likeness (QED) is 0.813. The van der Waals surface area contributed by atoms with Crippen LogP contribution in [0.3, 0.4) is 0 Å². The first kappa shape index (κ1) is 17.1. The van der Waals surface area contributed by atoms with Gasteiger partial charge in [0.25, 0.3) is 0 Å². The lowest BCUT2D eigenvalue weighted by Gasteiger charge is -2.34. The summed E-state index contributed by atoms with van der Waals surface area (Å²) in [6, 6.07) is 8.80. The molecule has 2 N–H and O–H groups in total. The number of aliphatic hydroxyl groups excluding tert-OH is 1. The number of rotatable bonds is 7. The van der Waals surface area contributed by atoms with Gasteiger partial charge in [0.2, 0.25) is 0 Å². The fourth-order valence-electron chi connectivity index (χ4n) is 2.90. The minimum absolute atomic E-state index is 0.232. The highest BCUT2D eigenvalue weighted by Gasteiger charge is 2.20. The minimum Gasteiger partial charge on any atom is -0.497 e. The smallest absolute Gasteiger partial charge is 0.119 e. The van der Waals surface area contributed by atoms with Crippen LogP contribution in [0.15, 0.2) is 24.3 Å². The highest BCUT2D eigenvalue weighted by Crippen LogP contribution is 2.22. The molecule has 1 aliphatic rings. The van der Waals surface area contributed by atoms with E-state index in [2.05, 4.69) is 36.2 Å². The average molecular weight is 306 g/mol. The Kier molecular flexibility index (Phi) is 6.52. The van der Waals surface area contributed by atoms with Crippen LogP contribution in [-0.4, -0.2) is 44.0 Å². The predicted molar refractivity (Wildman–Crippen MR) is 91.7 cm³/mol. The third-order valence-corrected chi connectivity index (χ3v) is 4.85. The van der Waals surface area contributed by atoms with Crippen molar-refractivity contribution in [1.82, 2.24) is 5.32 Å². The number of hydrogen-bond donors (Lipinski definition) is 2. The summed E-state index contributed by atoms with van der Waals surface area (Å²) in [4.78, 5) is 2.42. The normalized spacial score (nSPS) is 19.0. The van der Waals surface area contributed by atoms with Gasteiger partial charge in [-0.25, -0.2) is 0 Å². The zero-order valence-electron chi connectivity index (χ0n) is 14.1. The van der Waals surface area contributed by atoms with Crippen molar-refractivity contribution in [1.29, 1.82) is 0 Å². The Bertz CT molecular complexity index is 427. The van der Waals surface area contributed by atoms with E-state index in [-0.39, 0.29) is 6.10 Å². The molecule has 2 atom stereocenters. The summed E-state index contributed by atoms with van der Waals surface area (Å²) in [6.45, 7) is 7.06. The first-order valence-corrected chi connectivity index (χ1v) is 8.44. The second kappa shape index (κ2) is 8.39. The van der Waals surface area contributed by atoms with Crippen LogP contribution in [-0.2, 0) is 0 Å². The standard InChI is InChI=1S/C18H30N2O2/c1-4-14(2)18(21)13-19-15-9-11-20(12-10-15)16-5-7-17(22-3)8-6-16/h5-8,14-15,18-19,21H,4,9-13H2,1-3H3. The third-order valence-electron chi connectivity index (χ3n) is 4.85. The van der Waals surface area contributed by atoms with Gasteiger partial charge in [0.05, 0.1) is 13.2 Å². The number of hydrogen-bond acceptors (Lipinski definition) is 4. The summed E-state index contributed by atoms with van der Waals surface area (Å²) in [5.74, 6) is 1.27. The number of piperidine rings is 1. The summed E-state index contributed by atoms with van der Waals surface area (Å²) in [6.07, 6.45) is 3.04. The highest BCUT2D eigenvalue weighted by molar-refractivity contribution is 5.49. The summed E-state index contributed by atoms with van der Waals surface area (Å²) in [5.41, 5.74) is 1.26. The van der Waals surface area contributed by atoms with Gasteiger partial charge in [0, 0.05) is 31.4 Å². The molecule has 0 aliphatic carbocycles. The van der Waals surface area contributed by atoms with Crippen LogP contribution in [0.25, 0.3) is 0 Å². The monoisotopic (exact) mass is 306 g/mol. The van der Waals surface area contributed by atoms with Gasteiger partial charge in [0.1, 0.15) is 5.75 Å². The number of anilines is 1. The Morgan fingerprint density at radius 2 is 1.91 bits per heavy atom. The summed E-state index contributed by atoms with van der Waals surface area (Å²) >= 11 is 0. The molecule has 0 aromatic heterocycles. The van der Waals surface area contributed by atoms with Crippen LogP contribution in [0, 0.1) is 5.92 Å². The molecule has 0 bridgehead atoms. The van der Waals surface area contributed by atoms with Crippen LogP contribution in [0.2, 0.25) is 0 Å². The molecule has 124 valence electrons. The first-order chi connectivity index (χ1) is 10.6. The van der Waals surface area contributed by atoms with E-state index >= 15 is 0 Å². The molecule has 1 aromatic rings. The van der Waals surface area contributed by atoms with E-state index in [9.17, 15) is 5.11 Å². The van der Waals surface area contributed by atoms with E-state index in [1.54, 1.807) is 7.11 Å². The highest BCUT2D eigenvalue weighted by atomic mass is 16.5. The van der Waals surface area contributed by atoms with Crippen molar-refractivity contribution in [3.05, 3.63) is 24.3 Å². The molecule has 2 unspecified atom stereocenters. The van der Waals surface area contributed by atoms with Crippen molar-refractivity contribution in [2.75, 3.05) is 31.6 Å². The average Bonchev–Trinajstić information content (AvgIpc) is 2.59. The SMILES string of the molecule is CCC(C)C(O)CNC1CCN(c2ccc(OC)cc2)CC1. The maximum Gasteiger partial charge on any atom is 0.119 e. The largest absolute Gasteiger partial charge is 0.497 e. The Labute approximate surface area is 134 Å². The number of nitrogens with zero attached hydrogens (tertiary/aromatic N) is 1. The van der Waals surface area contributed by atoms with E-state index in [0.717, 1.165) is 38.1 Å². The van der Waals surface area contributed by atoms with Gasteiger partial charge in [-0.2, -0.15) is 0 Å². The molecular weight excluding hydrogens is 276 g/mol. The molecule has 0 radical (unpaired) electrons. The van der Waals surface area contributed by atoms with Crippen molar-refractivity contribution in [3.63, 3.8) is 0 Å². The molecule has 1 aromatic carbocycles. The van der Waals surface area contributed by atoms with E-state index in [1.165, 1.54) is 5.69 Å². The van der Waals surface area contributed by atoms with E-state index in [4.69, 9.17) is 4.74 Å². The van der Waals surface area contributed by atoms with Gasteiger partial charge in [-0.05, 0) is 43.0 Å². The Balaban J connectivity index is 1.75. The lowest BCUT2D eigenvalue weighted by atomic mass is 10.00. The molecule has 4 heteroatoms. The molecule has 1 aliphatic heterocycles. The van der Waals surface area contributed by atoms with Crippen molar-refractivity contribution < 1.29 is 9.84 Å². The van der Waals surface area contributed by atoms with Crippen LogP contribution in [0.5, 0.6) is 5.75 Å².